The summed E-state index contributed by atoms with van der Waals surface area (Å²) >= 11 is 0. The van der Waals surface area contributed by atoms with Gasteiger partial charge in [-0.25, -0.2) is 4.98 Å². The van der Waals surface area contributed by atoms with Crippen LogP contribution in [0.5, 0.6) is 0 Å². The number of hydrogen-bond donors (Lipinski definition) is 1. The van der Waals surface area contributed by atoms with Crippen LogP contribution in [0, 0.1) is 0 Å². The molecule has 114 valence electrons. The van der Waals surface area contributed by atoms with Gasteiger partial charge in [0.1, 0.15) is 5.82 Å². The third kappa shape index (κ3) is 3.35. The van der Waals surface area contributed by atoms with E-state index < -0.39 is 0 Å². The summed E-state index contributed by atoms with van der Waals surface area (Å²) in [6, 6.07) is 6.60. The van der Waals surface area contributed by atoms with Crippen LogP contribution in [0.4, 0.5) is 5.82 Å². The van der Waals surface area contributed by atoms with Crippen molar-refractivity contribution in [2.24, 2.45) is 0 Å². The molecule has 2 fully saturated rings. The van der Waals surface area contributed by atoms with Crippen molar-refractivity contribution in [3.63, 3.8) is 0 Å². The monoisotopic (exact) mass is 288 g/mol. The molecule has 1 N–H and O–H groups in total. The van der Waals surface area contributed by atoms with E-state index in [9.17, 15) is 4.79 Å². The number of carbonyl (C=O) groups excluding carboxylic acids is 1. The molecule has 0 aromatic carbocycles. The molecular weight excluding hydrogens is 264 g/mol. The van der Waals surface area contributed by atoms with Gasteiger partial charge in [-0.05, 0) is 25.0 Å². The first kappa shape index (κ1) is 14.3. The fourth-order valence-corrected chi connectivity index (χ4v) is 3.22. The Balaban J connectivity index is 1.58. The number of fused-ring (bicyclic) bond motifs is 1. The number of anilines is 1. The summed E-state index contributed by atoms with van der Waals surface area (Å²) in [4.78, 5) is 20.9. The molecule has 2 aliphatic rings. The Hall–Kier alpha value is -1.62. The number of amides is 1. The predicted molar refractivity (Wildman–Crippen MR) is 83.0 cm³/mol. The highest BCUT2D eigenvalue weighted by molar-refractivity contribution is 5.78. The predicted octanol–water partition coefficient (Wildman–Crippen LogP) is 1.71. The van der Waals surface area contributed by atoms with Crippen LogP contribution >= 0.6 is 0 Å². The summed E-state index contributed by atoms with van der Waals surface area (Å²) in [5, 5.41) is 3.33. The summed E-state index contributed by atoms with van der Waals surface area (Å²) in [7, 11) is 0. The molecule has 2 aliphatic heterocycles. The van der Waals surface area contributed by atoms with Crippen molar-refractivity contribution in [3.05, 3.63) is 23.9 Å². The molecule has 0 radical (unpaired) electrons. The standard InChI is InChI=1S/C16H24N4O/c1-2-8-17-15-5-3-4-13(18-15)11-19-9-10-20-14(12-19)6-7-16(20)21/h3-5,14H,2,6-12H2,1H3,(H,17,18). The van der Waals surface area contributed by atoms with Crippen LogP contribution in [0.1, 0.15) is 31.9 Å². The quantitative estimate of drug-likeness (QED) is 0.896. The molecule has 0 saturated carbocycles. The van der Waals surface area contributed by atoms with Gasteiger partial charge in [0.2, 0.25) is 5.91 Å². The number of pyridine rings is 1. The zero-order chi connectivity index (χ0) is 14.7. The summed E-state index contributed by atoms with van der Waals surface area (Å²) in [6.07, 6.45) is 2.84. The first-order valence-electron chi connectivity index (χ1n) is 7.98. The van der Waals surface area contributed by atoms with Crippen molar-refractivity contribution in [2.75, 3.05) is 31.5 Å². The first-order valence-corrected chi connectivity index (χ1v) is 7.98. The molecule has 1 amide bonds. The lowest BCUT2D eigenvalue weighted by Gasteiger charge is -2.37. The second-order valence-corrected chi connectivity index (χ2v) is 5.96. The fourth-order valence-electron chi connectivity index (χ4n) is 3.22. The summed E-state index contributed by atoms with van der Waals surface area (Å²) < 4.78 is 0. The molecule has 5 heteroatoms. The Bertz CT molecular complexity index is 505. The van der Waals surface area contributed by atoms with Gasteiger partial charge in [0, 0.05) is 45.2 Å². The number of nitrogens with one attached hydrogen (secondary N) is 1. The third-order valence-corrected chi connectivity index (χ3v) is 4.33. The SMILES string of the molecule is CCCNc1cccc(CN2CCN3C(=O)CCC3C2)n1. The largest absolute Gasteiger partial charge is 0.370 e. The second kappa shape index (κ2) is 6.43. The van der Waals surface area contributed by atoms with Gasteiger partial charge in [0.25, 0.3) is 0 Å². The van der Waals surface area contributed by atoms with Crippen molar-refractivity contribution in [1.29, 1.82) is 0 Å². The van der Waals surface area contributed by atoms with Crippen LogP contribution in [0.15, 0.2) is 18.2 Å². The molecule has 0 spiro atoms. The van der Waals surface area contributed by atoms with Crippen LogP contribution in [0.25, 0.3) is 0 Å². The summed E-state index contributed by atoms with van der Waals surface area (Å²) in [5.41, 5.74) is 1.11. The maximum atomic E-state index is 11.7. The van der Waals surface area contributed by atoms with E-state index >= 15 is 0 Å². The topological polar surface area (TPSA) is 48.5 Å². The van der Waals surface area contributed by atoms with Gasteiger partial charge in [-0.3, -0.25) is 9.69 Å². The van der Waals surface area contributed by atoms with Crippen LogP contribution in [-0.4, -0.2) is 52.9 Å². The van der Waals surface area contributed by atoms with Crippen molar-refractivity contribution in [1.82, 2.24) is 14.8 Å². The molecule has 21 heavy (non-hydrogen) atoms. The van der Waals surface area contributed by atoms with E-state index in [2.05, 4.69) is 39.2 Å². The first-order chi connectivity index (χ1) is 10.3. The van der Waals surface area contributed by atoms with E-state index in [0.717, 1.165) is 63.5 Å². The van der Waals surface area contributed by atoms with E-state index in [0.29, 0.717) is 11.9 Å². The van der Waals surface area contributed by atoms with Crippen LogP contribution in [0.3, 0.4) is 0 Å². The number of aromatic nitrogens is 1. The van der Waals surface area contributed by atoms with E-state index in [4.69, 9.17) is 0 Å². The Labute approximate surface area is 126 Å². The van der Waals surface area contributed by atoms with Gasteiger partial charge in [-0.1, -0.05) is 13.0 Å². The lowest BCUT2D eigenvalue weighted by molar-refractivity contribution is -0.130. The minimum absolute atomic E-state index is 0.337. The fraction of sp³-hybridized carbons (Fsp3) is 0.625. The maximum Gasteiger partial charge on any atom is 0.222 e. The van der Waals surface area contributed by atoms with Gasteiger partial charge < -0.3 is 10.2 Å². The van der Waals surface area contributed by atoms with E-state index in [1.54, 1.807) is 0 Å². The number of nitrogens with zero attached hydrogens (tertiary/aromatic N) is 3. The van der Waals surface area contributed by atoms with E-state index in [1.165, 1.54) is 0 Å². The third-order valence-electron chi connectivity index (χ3n) is 4.33. The van der Waals surface area contributed by atoms with Crippen LogP contribution in [0.2, 0.25) is 0 Å². The molecule has 1 atom stereocenters. The lowest BCUT2D eigenvalue weighted by Crippen LogP contribution is -2.51. The van der Waals surface area contributed by atoms with Crippen molar-refractivity contribution in [2.45, 2.75) is 38.8 Å². The average molecular weight is 288 g/mol. The molecule has 0 aliphatic carbocycles. The Morgan fingerprint density at radius 2 is 2.29 bits per heavy atom. The van der Waals surface area contributed by atoms with Crippen molar-refractivity contribution >= 4 is 11.7 Å². The molecule has 3 heterocycles. The molecule has 2 saturated heterocycles. The van der Waals surface area contributed by atoms with Crippen LogP contribution in [-0.2, 0) is 11.3 Å². The number of rotatable bonds is 5. The minimum Gasteiger partial charge on any atom is -0.370 e. The zero-order valence-corrected chi connectivity index (χ0v) is 12.7. The van der Waals surface area contributed by atoms with Gasteiger partial charge in [-0.2, -0.15) is 0 Å². The maximum absolute atomic E-state index is 11.7. The van der Waals surface area contributed by atoms with Crippen LogP contribution < -0.4 is 5.32 Å². The van der Waals surface area contributed by atoms with Crippen molar-refractivity contribution in [3.8, 4) is 0 Å². The smallest absolute Gasteiger partial charge is 0.222 e. The van der Waals surface area contributed by atoms with Gasteiger partial charge in [0.15, 0.2) is 0 Å². The number of hydrogen-bond acceptors (Lipinski definition) is 4. The normalized spacial score (nSPS) is 22.4. The molecule has 5 nitrogen and oxygen atoms in total. The summed E-state index contributed by atoms with van der Waals surface area (Å²) in [5.74, 6) is 1.30. The highest BCUT2D eigenvalue weighted by Gasteiger charge is 2.35. The highest BCUT2D eigenvalue weighted by Crippen LogP contribution is 2.23. The molecule has 1 aromatic heterocycles. The second-order valence-electron chi connectivity index (χ2n) is 5.96. The molecule has 3 rings (SSSR count). The number of carbonyl (C=O) groups is 1. The summed E-state index contributed by atoms with van der Waals surface area (Å²) in [6.45, 7) is 6.80. The van der Waals surface area contributed by atoms with Crippen molar-refractivity contribution < 1.29 is 4.79 Å². The van der Waals surface area contributed by atoms with Gasteiger partial charge >= 0.3 is 0 Å². The lowest BCUT2D eigenvalue weighted by atomic mass is 10.1. The number of piperazine rings is 1. The molecular formula is C16H24N4O. The molecule has 1 unspecified atom stereocenters. The zero-order valence-electron chi connectivity index (χ0n) is 12.7. The van der Waals surface area contributed by atoms with E-state index in [-0.39, 0.29) is 0 Å². The Kier molecular flexibility index (Phi) is 4.39. The minimum atomic E-state index is 0.337. The Morgan fingerprint density at radius 1 is 1.38 bits per heavy atom. The van der Waals surface area contributed by atoms with Gasteiger partial charge in [-0.15, -0.1) is 0 Å². The van der Waals surface area contributed by atoms with E-state index in [1.807, 2.05) is 6.07 Å². The van der Waals surface area contributed by atoms with Gasteiger partial charge in [0.05, 0.1) is 5.69 Å². The molecule has 1 aromatic rings. The molecule has 0 bridgehead atoms. The average Bonchev–Trinajstić information content (AvgIpc) is 2.86. The Morgan fingerprint density at radius 3 is 3.14 bits per heavy atom. The highest BCUT2D eigenvalue weighted by atomic mass is 16.2.